The Bertz CT molecular complexity index is 1360. The van der Waals surface area contributed by atoms with Gasteiger partial charge in [0, 0.05) is 28.5 Å². The van der Waals surface area contributed by atoms with Crippen molar-refractivity contribution in [2.75, 3.05) is 4.72 Å². The summed E-state index contributed by atoms with van der Waals surface area (Å²) in [7, 11) is -4.35. The summed E-state index contributed by atoms with van der Waals surface area (Å²) in [5.41, 5.74) is 1.39. The molecule has 4 rings (SSSR count). The normalized spacial score (nSPS) is 12.4. The van der Waals surface area contributed by atoms with Crippen LogP contribution in [0.2, 0.25) is 5.02 Å². The standard InChI is InChI=1S/C19H13ClF3N3O2S2/c1-11-10-29-18-24-16(9-26(11)18)12-3-2-4-14(7-12)25-30(27,28)17-8-13(19(21,22)23)5-6-15(17)20/h2-10,25H,1H3. The van der Waals surface area contributed by atoms with Gasteiger partial charge in [-0.25, -0.2) is 13.4 Å². The first kappa shape index (κ1) is 20.7. The minimum atomic E-state index is -4.69. The van der Waals surface area contributed by atoms with Crippen molar-refractivity contribution >= 4 is 43.6 Å². The SMILES string of the molecule is Cc1csc2nc(-c3cccc(NS(=O)(=O)c4cc(C(F)(F)F)ccc4Cl)c3)cn12. The lowest BCUT2D eigenvalue weighted by Gasteiger charge is -2.13. The van der Waals surface area contributed by atoms with Crippen LogP contribution >= 0.6 is 22.9 Å². The van der Waals surface area contributed by atoms with E-state index in [0.29, 0.717) is 17.3 Å². The number of aromatic nitrogens is 2. The fourth-order valence-corrected chi connectivity index (χ4v) is 5.30. The van der Waals surface area contributed by atoms with Crippen LogP contribution < -0.4 is 4.72 Å². The summed E-state index contributed by atoms with van der Waals surface area (Å²) in [5, 5.41) is 1.66. The molecule has 0 fully saturated rings. The first-order chi connectivity index (χ1) is 14.0. The zero-order chi connectivity index (χ0) is 21.7. The molecule has 2 aromatic heterocycles. The molecule has 1 N–H and O–H groups in total. The van der Waals surface area contributed by atoms with Crippen molar-refractivity contribution in [3.63, 3.8) is 0 Å². The molecule has 2 aromatic carbocycles. The molecule has 0 amide bonds. The van der Waals surface area contributed by atoms with E-state index in [0.717, 1.165) is 22.8 Å². The molecule has 4 aromatic rings. The van der Waals surface area contributed by atoms with Crippen LogP contribution in [0.4, 0.5) is 18.9 Å². The number of sulfonamides is 1. The van der Waals surface area contributed by atoms with Gasteiger partial charge in [-0.3, -0.25) is 9.12 Å². The number of rotatable bonds is 4. The first-order valence-corrected chi connectivity index (χ1v) is 11.2. The lowest BCUT2D eigenvalue weighted by Crippen LogP contribution is -2.15. The number of imidazole rings is 1. The number of halogens is 4. The third-order valence-corrected chi connectivity index (χ3v) is 7.17. The van der Waals surface area contributed by atoms with Gasteiger partial charge in [0.2, 0.25) is 0 Å². The fraction of sp³-hybridized carbons (Fsp3) is 0.105. The molecule has 11 heteroatoms. The molecular weight excluding hydrogens is 459 g/mol. The molecule has 156 valence electrons. The second kappa shape index (κ2) is 7.29. The number of nitrogens with zero attached hydrogens (tertiary/aromatic N) is 2. The predicted molar refractivity (Wildman–Crippen MR) is 111 cm³/mol. The van der Waals surface area contributed by atoms with Crippen molar-refractivity contribution in [2.45, 2.75) is 18.0 Å². The molecule has 2 heterocycles. The van der Waals surface area contributed by atoms with Gasteiger partial charge in [-0.05, 0) is 37.3 Å². The molecule has 0 atom stereocenters. The van der Waals surface area contributed by atoms with Gasteiger partial charge in [-0.2, -0.15) is 13.2 Å². The zero-order valence-electron chi connectivity index (χ0n) is 15.2. The van der Waals surface area contributed by atoms with Crippen molar-refractivity contribution < 1.29 is 21.6 Å². The second-order valence-corrected chi connectivity index (χ2v) is 9.38. The molecule has 5 nitrogen and oxygen atoms in total. The van der Waals surface area contributed by atoms with E-state index < -0.39 is 26.7 Å². The van der Waals surface area contributed by atoms with E-state index in [1.165, 1.54) is 17.4 Å². The molecule has 0 aliphatic heterocycles. The van der Waals surface area contributed by atoms with Gasteiger partial charge in [-0.1, -0.05) is 23.7 Å². The van der Waals surface area contributed by atoms with Crippen molar-refractivity contribution in [1.82, 2.24) is 9.38 Å². The summed E-state index contributed by atoms with van der Waals surface area (Å²) in [5.74, 6) is 0. The number of fused-ring (bicyclic) bond motifs is 1. The number of hydrogen-bond acceptors (Lipinski definition) is 4. The molecule has 0 radical (unpaired) electrons. The highest BCUT2D eigenvalue weighted by Crippen LogP contribution is 2.34. The first-order valence-electron chi connectivity index (χ1n) is 8.48. The van der Waals surface area contributed by atoms with Crippen LogP contribution in [-0.2, 0) is 16.2 Å². The van der Waals surface area contributed by atoms with Gasteiger partial charge in [-0.15, -0.1) is 11.3 Å². The largest absolute Gasteiger partial charge is 0.416 e. The van der Waals surface area contributed by atoms with E-state index in [1.54, 1.807) is 18.2 Å². The van der Waals surface area contributed by atoms with Crippen LogP contribution in [0.3, 0.4) is 0 Å². The second-order valence-electron chi connectivity index (χ2n) is 6.49. The highest BCUT2D eigenvalue weighted by molar-refractivity contribution is 7.92. The topological polar surface area (TPSA) is 63.5 Å². The molecule has 0 unspecified atom stereocenters. The van der Waals surface area contributed by atoms with Crippen molar-refractivity contribution in [3.05, 3.63) is 70.3 Å². The molecule has 0 aliphatic carbocycles. The summed E-state index contributed by atoms with van der Waals surface area (Å²) in [6.45, 7) is 1.94. The van der Waals surface area contributed by atoms with E-state index in [4.69, 9.17) is 11.6 Å². The van der Waals surface area contributed by atoms with Crippen LogP contribution in [0.25, 0.3) is 16.2 Å². The lowest BCUT2D eigenvalue weighted by atomic mass is 10.1. The molecule has 0 aliphatic rings. The average Bonchev–Trinajstić information content (AvgIpc) is 3.23. The third kappa shape index (κ3) is 3.90. The van der Waals surface area contributed by atoms with E-state index in [9.17, 15) is 21.6 Å². The number of hydrogen-bond donors (Lipinski definition) is 1. The van der Waals surface area contributed by atoms with E-state index in [1.807, 2.05) is 22.9 Å². The maximum atomic E-state index is 13.0. The van der Waals surface area contributed by atoms with Gasteiger partial charge >= 0.3 is 6.18 Å². The monoisotopic (exact) mass is 471 g/mol. The van der Waals surface area contributed by atoms with Crippen molar-refractivity contribution in [2.24, 2.45) is 0 Å². The number of aryl methyl sites for hydroxylation is 1. The Kier molecular flexibility index (Phi) is 5.03. The van der Waals surface area contributed by atoms with Gasteiger partial charge in [0.1, 0.15) is 4.90 Å². The fourth-order valence-electron chi connectivity index (χ4n) is 2.87. The van der Waals surface area contributed by atoms with Crippen molar-refractivity contribution in [3.8, 4) is 11.3 Å². The zero-order valence-corrected chi connectivity index (χ0v) is 17.6. The maximum Gasteiger partial charge on any atom is 0.416 e. The molecule has 0 saturated heterocycles. The lowest BCUT2D eigenvalue weighted by molar-refractivity contribution is -0.137. The summed E-state index contributed by atoms with van der Waals surface area (Å²) in [6.07, 6.45) is -2.86. The van der Waals surface area contributed by atoms with E-state index >= 15 is 0 Å². The van der Waals surface area contributed by atoms with Crippen molar-refractivity contribution in [1.29, 1.82) is 0 Å². The van der Waals surface area contributed by atoms with Crippen LogP contribution in [0, 0.1) is 6.92 Å². The predicted octanol–water partition coefficient (Wildman–Crippen LogP) is 5.84. The van der Waals surface area contributed by atoms with Gasteiger partial charge in [0.25, 0.3) is 10.0 Å². The van der Waals surface area contributed by atoms with Gasteiger partial charge in [0.05, 0.1) is 16.3 Å². The Hall–Kier alpha value is -2.56. The Balaban J connectivity index is 1.68. The van der Waals surface area contributed by atoms with Gasteiger partial charge < -0.3 is 0 Å². The highest BCUT2D eigenvalue weighted by Gasteiger charge is 2.32. The quantitative estimate of drug-likeness (QED) is 0.406. The molecule has 0 bridgehead atoms. The molecule has 0 saturated carbocycles. The number of thiazole rings is 1. The Morgan fingerprint density at radius 3 is 2.63 bits per heavy atom. The number of nitrogens with one attached hydrogen (secondary N) is 1. The smallest absolute Gasteiger partial charge is 0.294 e. The summed E-state index contributed by atoms with van der Waals surface area (Å²) in [4.78, 5) is 4.66. The number of anilines is 1. The minimum Gasteiger partial charge on any atom is -0.294 e. The molecular formula is C19H13ClF3N3O2S2. The van der Waals surface area contributed by atoms with Crippen LogP contribution in [0.5, 0.6) is 0 Å². The highest BCUT2D eigenvalue weighted by atomic mass is 35.5. The van der Waals surface area contributed by atoms with Crippen LogP contribution in [-0.4, -0.2) is 17.8 Å². The van der Waals surface area contributed by atoms with Crippen LogP contribution in [0.1, 0.15) is 11.3 Å². The summed E-state index contributed by atoms with van der Waals surface area (Å²) >= 11 is 7.35. The minimum absolute atomic E-state index is 0.175. The summed E-state index contributed by atoms with van der Waals surface area (Å²) < 4.78 is 68.6. The number of alkyl halides is 3. The maximum absolute atomic E-state index is 13.0. The van der Waals surface area contributed by atoms with Crippen LogP contribution in [0.15, 0.2) is 58.9 Å². The summed E-state index contributed by atoms with van der Waals surface area (Å²) in [6, 6.07) is 8.59. The van der Waals surface area contributed by atoms with E-state index in [-0.39, 0.29) is 10.7 Å². The average molecular weight is 472 g/mol. The number of benzene rings is 2. The third-order valence-electron chi connectivity index (χ3n) is 4.35. The Morgan fingerprint density at radius 1 is 1.17 bits per heavy atom. The molecule has 0 spiro atoms. The van der Waals surface area contributed by atoms with Gasteiger partial charge in [0.15, 0.2) is 4.96 Å². The molecule has 30 heavy (non-hydrogen) atoms. The Morgan fingerprint density at radius 2 is 1.93 bits per heavy atom. The Labute approximate surface area is 178 Å². The van der Waals surface area contributed by atoms with E-state index in [2.05, 4.69) is 9.71 Å².